The zero-order chi connectivity index (χ0) is 25.9. The van der Waals surface area contributed by atoms with Gasteiger partial charge in [0.2, 0.25) is 17.2 Å². The fraction of sp³-hybridized carbons (Fsp3) is 0.296. The van der Waals surface area contributed by atoms with Gasteiger partial charge in [0.25, 0.3) is 0 Å². The number of nitrogens with zero attached hydrogens (tertiary/aromatic N) is 1. The topological polar surface area (TPSA) is 95.9 Å². The lowest BCUT2D eigenvalue weighted by Gasteiger charge is -2.35. The number of ketones is 2. The summed E-state index contributed by atoms with van der Waals surface area (Å²) >= 11 is 6.44. The van der Waals surface area contributed by atoms with Crippen LogP contribution in [0.4, 0.5) is 5.69 Å². The van der Waals surface area contributed by atoms with Crippen LogP contribution in [0.5, 0.6) is 17.2 Å². The average Bonchev–Trinajstić information content (AvgIpc) is 3.16. The van der Waals surface area contributed by atoms with Crippen molar-refractivity contribution in [1.82, 2.24) is 4.57 Å². The van der Waals surface area contributed by atoms with Crippen LogP contribution in [0.3, 0.4) is 0 Å². The summed E-state index contributed by atoms with van der Waals surface area (Å²) in [6.07, 6.45) is 1.74. The molecule has 0 unspecified atom stereocenters. The summed E-state index contributed by atoms with van der Waals surface area (Å²) in [6, 6.07) is 8.58. The average molecular weight is 509 g/mol. The molecule has 5 rings (SSSR count). The number of hydrogen-bond donors (Lipinski definition) is 1. The molecule has 8 nitrogen and oxygen atoms in total. The van der Waals surface area contributed by atoms with Crippen molar-refractivity contribution in [2.24, 2.45) is 13.0 Å². The van der Waals surface area contributed by atoms with Gasteiger partial charge in [0.1, 0.15) is 22.1 Å². The highest BCUT2D eigenvalue weighted by molar-refractivity contribution is 6.36. The number of nitrogens with one attached hydrogen (secondary N) is 1. The van der Waals surface area contributed by atoms with Gasteiger partial charge in [-0.3, -0.25) is 14.4 Å². The normalized spacial score (nSPS) is 20.8. The van der Waals surface area contributed by atoms with Gasteiger partial charge in [-0.05, 0) is 31.5 Å². The standard InChI is InChI=1S/C27H25ClN2O6/c1-13-8-16(29-15-6-7-18-17(10-15)19(31)9-14(2)30(18)3)11-22(32)27(13)26(33)23-20(34-4)12-21(35-5)24(28)25(23)36-27/h6-7,9-13,29H,8H2,1-5H3/t13-,27+/m1/s1. The lowest BCUT2D eigenvalue weighted by molar-refractivity contribution is -0.129. The Hall–Kier alpha value is -3.78. The number of hydrogen-bond acceptors (Lipinski definition) is 7. The molecule has 0 radical (unpaired) electrons. The van der Waals surface area contributed by atoms with E-state index in [4.69, 9.17) is 25.8 Å². The van der Waals surface area contributed by atoms with E-state index in [1.54, 1.807) is 19.1 Å². The van der Waals surface area contributed by atoms with Gasteiger partial charge in [-0.1, -0.05) is 18.5 Å². The summed E-state index contributed by atoms with van der Waals surface area (Å²) < 4.78 is 18.7. The largest absolute Gasteiger partial charge is 0.496 e. The number of halogens is 1. The number of Topliss-reactive ketones (excluding diaryl/α,β-unsaturated/α-hetero) is 1. The van der Waals surface area contributed by atoms with E-state index in [1.807, 2.05) is 30.7 Å². The maximum atomic E-state index is 13.6. The Balaban J connectivity index is 1.50. The van der Waals surface area contributed by atoms with Gasteiger partial charge in [-0.15, -0.1) is 0 Å². The van der Waals surface area contributed by atoms with E-state index in [2.05, 4.69) is 5.32 Å². The number of pyridine rings is 1. The van der Waals surface area contributed by atoms with Crippen molar-refractivity contribution in [3.8, 4) is 17.2 Å². The van der Waals surface area contributed by atoms with Crippen LogP contribution in [-0.4, -0.2) is 36.0 Å². The quantitative estimate of drug-likeness (QED) is 0.520. The second-order valence-electron chi connectivity index (χ2n) is 9.17. The van der Waals surface area contributed by atoms with Gasteiger partial charge >= 0.3 is 0 Å². The third-order valence-electron chi connectivity index (χ3n) is 7.11. The van der Waals surface area contributed by atoms with Crippen molar-refractivity contribution in [3.63, 3.8) is 0 Å². The minimum absolute atomic E-state index is 0.0748. The van der Waals surface area contributed by atoms with Crippen LogP contribution < -0.4 is 25.0 Å². The Labute approximate surface area is 212 Å². The van der Waals surface area contributed by atoms with Crippen LogP contribution in [-0.2, 0) is 11.8 Å². The summed E-state index contributed by atoms with van der Waals surface area (Å²) in [7, 11) is 4.77. The third kappa shape index (κ3) is 3.32. The molecule has 2 heterocycles. The molecule has 3 aromatic rings. The highest BCUT2D eigenvalue weighted by Crippen LogP contribution is 2.53. The second kappa shape index (κ2) is 8.41. The predicted molar refractivity (Wildman–Crippen MR) is 137 cm³/mol. The van der Waals surface area contributed by atoms with Gasteiger partial charge in [0.05, 0.1) is 19.7 Å². The summed E-state index contributed by atoms with van der Waals surface area (Å²) in [6.45, 7) is 3.67. The molecule has 1 aliphatic heterocycles. The molecule has 1 spiro atoms. The minimum Gasteiger partial charge on any atom is -0.496 e. The van der Waals surface area contributed by atoms with Gasteiger partial charge in [0, 0.05) is 53.6 Å². The summed E-state index contributed by atoms with van der Waals surface area (Å²) in [4.78, 5) is 39.7. The number of fused-ring (bicyclic) bond motifs is 2. The van der Waals surface area contributed by atoms with E-state index < -0.39 is 23.1 Å². The first-order valence-electron chi connectivity index (χ1n) is 11.4. The number of methoxy groups -OCH3 is 2. The number of aryl methyl sites for hydroxylation is 2. The Morgan fingerprint density at radius 3 is 2.50 bits per heavy atom. The maximum Gasteiger partial charge on any atom is 0.236 e. The summed E-state index contributed by atoms with van der Waals surface area (Å²) in [5.41, 5.74) is 1.28. The SMILES string of the molecule is COc1cc(OC)c2c(c1Cl)O[C@@]1(C(=O)C=C(Nc3ccc4c(c3)c(=O)cc(C)n4C)C[C@H]1C)C2=O. The monoisotopic (exact) mass is 508 g/mol. The van der Waals surface area contributed by atoms with Gasteiger partial charge < -0.3 is 24.1 Å². The number of carbonyl (C=O) groups excluding carboxylic acids is 2. The molecule has 0 bridgehead atoms. The maximum absolute atomic E-state index is 13.6. The number of benzene rings is 2. The van der Waals surface area contributed by atoms with Gasteiger partial charge in [-0.2, -0.15) is 0 Å². The smallest absolute Gasteiger partial charge is 0.236 e. The fourth-order valence-electron chi connectivity index (χ4n) is 5.06. The number of aromatic nitrogens is 1. The highest BCUT2D eigenvalue weighted by atomic mass is 35.5. The Bertz CT molecular complexity index is 1560. The Kier molecular flexibility index (Phi) is 5.59. The number of carbonyl (C=O) groups is 2. The zero-order valence-corrected chi connectivity index (χ0v) is 21.3. The molecule has 36 heavy (non-hydrogen) atoms. The van der Waals surface area contributed by atoms with Crippen LogP contribution in [0.1, 0.15) is 29.4 Å². The molecule has 2 atom stereocenters. The molecule has 1 aromatic heterocycles. The predicted octanol–water partition coefficient (Wildman–Crippen LogP) is 4.44. The molecular weight excluding hydrogens is 484 g/mol. The fourth-order valence-corrected chi connectivity index (χ4v) is 5.32. The first-order chi connectivity index (χ1) is 17.1. The van der Waals surface area contributed by atoms with E-state index in [0.29, 0.717) is 23.2 Å². The van der Waals surface area contributed by atoms with Crippen molar-refractivity contribution in [2.45, 2.75) is 25.9 Å². The van der Waals surface area contributed by atoms with E-state index in [-0.39, 0.29) is 33.3 Å². The van der Waals surface area contributed by atoms with Crippen molar-refractivity contribution in [3.05, 3.63) is 68.6 Å². The zero-order valence-electron chi connectivity index (χ0n) is 20.5. The minimum atomic E-state index is -1.74. The molecule has 2 aromatic carbocycles. The summed E-state index contributed by atoms with van der Waals surface area (Å²) in [5, 5.41) is 3.92. The second-order valence-corrected chi connectivity index (χ2v) is 9.55. The third-order valence-corrected chi connectivity index (χ3v) is 7.47. The molecule has 0 saturated heterocycles. The molecular formula is C27H25ClN2O6. The number of ether oxygens (including phenoxy) is 3. The Morgan fingerprint density at radius 1 is 1.11 bits per heavy atom. The molecule has 2 aliphatic rings. The number of allylic oxidation sites excluding steroid dienone is 1. The van der Waals surface area contributed by atoms with Crippen LogP contribution in [0.15, 0.2) is 46.9 Å². The molecule has 1 aliphatic carbocycles. The molecule has 0 saturated carbocycles. The number of anilines is 1. The molecule has 1 N–H and O–H groups in total. The number of rotatable bonds is 4. The van der Waals surface area contributed by atoms with E-state index in [1.165, 1.54) is 26.4 Å². The molecule has 0 fully saturated rings. The van der Waals surface area contributed by atoms with E-state index >= 15 is 0 Å². The Morgan fingerprint density at radius 2 is 1.83 bits per heavy atom. The van der Waals surface area contributed by atoms with Crippen molar-refractivity contribution < 1.29 is 23.8 Å². The summed E-state index contributed by atoms with van der Waals surface area (Å²) in [5.74, 6) is -0.896. The van der Waals surface area contributed by atoms with E-state index in [9.17, 15) is 14.4 Å². The van der Waals surface area contributed by atoms with Crippen molar-refractivity contribution in [1.29, 1.82) is 0 Å². The van der Waals surface area contributed by atoms with Crippen LogP contribution in [0, 0.1) is 12.8 Å². The van der Waals surface area contributed by atoms with E-state index in [0.717, 1.165) is 11.2 Å². The lowest BCUT2D eigenvalue weighted by Crippen LogP contribution is -2.55. The van der Waals surface area contributed by atoms with Crippen molar-refractivity contribution >= 4 is 39.8 Å². The van der Waals surface area contributed by atoms with Crippen molar-refractivity contribution in [2.75, 3.05) is 19.5 Å². The molecule has 186 valence electrons. The van der Waals surface area contributed by atoms with Gasteiger partial charge in [0.15, 0.2) is 11.2 Å². The van der Waals surface area contributed by atoms with Crippen LogP contribution in [0.25, 0.3) is 10.9 Å². The first-order valence-corrected chi connectivity index (χ1v) is 11.8. The van der Waals surface area contributed by atoms with Crippen LogP contribution >= 0.6 is 11.6 Å². The van der Waals surface area contributed by atoms with Crippen LogP contribution in [0.2, 0.25) is 5.02 Å². The molecule has 0 amide bonds. The first kappa shape index (κ1) is 23.9. The highest BCUT2D eigenvalue weighted by Gasteiger charge is 2.60. The van der Waals surface area contributed by atoms with Gasteiger partial charge in [-0.25, -0.2) is 0 Å². The molecule has 9 heteroatoms. The lowest BCUT2D eigenvalue weighted by atomic mass is 9.74.